The highest BCUT2D eigenvalue weighted by Crippen LogP contribution is 2.18. The first-order chi connectivity index (χ1) is 7.49. The third-order valence-electron chi connectivity index (χ3n) is 2.32. The van der Waals surface area contributed by atoms with Crippen LogP contribution in [0.1, 0.15) is 6.92 Å². The van der Waals surface area contributed by atoms with Gasteiger partial charge in [-0.3, -0.25) is 0 Å². The van der Waals surface area contributed by atoms with Gasteiger partial charge >= 0.3 is 0 Å². The normalized spacial score (nSPS) is 13.4. The lowest BCUT2D eigenvalue weighted by molar-refractivity contribution is 0.414. The molecule has 4 nitrogen and oxygen atoms in total. The van der Waals surface area contributed by atoms with Crippen LogP contribution in [0, 0.1) is 5.92 Å². The number of benzene rings is 1. The zero-order chi connectivity index (χ0) is 12.2. The van der Waals surface area contributed by atoms with Crippen LogP contribution in [0.25, 0.3) is 0 Å². The van der Waals surface area contributed by atoms with E-state index in [2.05, 4.69) is 0 Å². The van der Waals surface area contributed by atoms with Gasteiger partial charge in [0.05, 0.1) is 17.8 Å². The molecule has 1 aromatic rings. The number of hydrogen-bond acceptors (Lipinski definition) is 4. The van der Waals surface area contributed by atoms with E-state index in [4.69, 9.17) is 10.5 Å². The summed E-state index contributed by atoms with van der Waals surface area (Å²) in [6.45, 7) is 2.19. The van der Waals surface area contributed by atoms with E-state index < -0.39 is 9.84 Å². The van der Waals surface area contributed by atoms with Crippen molar-refractivity contribution in [3.63, 3.8) is 0 Å². The molecule has 0 aliphatic heterocycles. The van der Waals surface area contributed by atoms with Gasteiger partial charge in [0.2, 0.25) is 0 Å². The summed E-state index contributed by atoms with van der Waals surface area (Å²) in [5.74, 6) is 0.688. The molecule has 16 heavy (non-hydrogen) atoms. The Balaban J connectivity index is 2.90. The van der Waals surface area contributed by atoms with Crippen molar-refractivity contribution in [1.82, 2.24) is 0 Å². The zero-order valence-electron chi connectivity index (χ0n) is 9.51. The Morgan fingerprint density at radius 1 is 1.31 bits per heavy atom. The van der Waals surface area contributed by atoms with Crippen LogP contribution in [-0.2, 0) is 9.84 Å². The quantitative estimate of drug-likeness (QED) is 0.839. The van der Waals surface area contributed by atoms with E-state index in [1.54, 1.807) is 31.4 Å². The molecule has 0 aromatic heterocycles. The molecule has 0 radical (unpaired) electrons. The minimum atomic E-state index is -3.23. The fraction of sp³-hybridized carbons (Fsp3) is 0.455. The minimum absolute atomic E-state index is 0.0351. The van der Waals surface area contributed by atoms with E-state index in [9.17, 15) is 8.42 Å². The molecule has 1 atom stereocenters. The van der Waals surface area contributed by atoms with Gasteiger partial charge in [0.1, 0.15) is 5.75 Å². The molecule has 0 fully saturated rings. The predicted molar refractivity (Wildman–Crippen MR) is 63.3 cm³/mol. The molecule has 1 unspecified atom stereocenters. The predicted octanol–water partition coefficient (Wildman–Crippen LogP) is 1.06. The van der Waals surface area contributed by atoms with Crippen LogP contribution in [0.15, 0.2) is 29.2 Å². The third kappa shape index (κ3) is 3.21. The second kappa shape index (κ2) is 5.32. The molecule has 1 rings (SSSR count). The lowest BCUT2D eigenvalue weighted by Crippen LogP contribution is -2.21. The van der Waals surface area contributed by atoms with Crippen molar-refractivity contribution in [2.45, 2.75) is 11.8 Å². The maximum absolute atomic E-state index is 11.9. The molecule has 0 heterocycles. The Labute approximate surface area is 96.3 Å². The van der Waals surface area contributed by atoms with Gasteiger partial charge in [-0.05, 0) is 36.7 Å². The summed E-state index contributed by atoms with van der Waals surface area (Å²) in [5, 5.41) is 0. The summed E-state index contributed by atoms with van der Waals surface area (Å²) >= 11 is 0. The molecule has 0 amide bonds. The lowest BCUT2D eigenvalue weighted by Gasteiger charge is -2.09. The molecular formula is C11H17NO3S. The molecule has 2 N–H and O–H groups in total. The number of methoxy groups -OCH3 is 1. The first-order valence-electron chi connectivity index (χ1n) is 5.06. The van der Waals surface area contributed by atoms with Crippen LogP contribution in [0.2, 0.25) is 0 Å². The van der Waals surface area contributed by atoms with Gasteiger partial charge in [-0.25, -0.2) is 8.42 Å². The van der Waals surface area contributed by atoms with Crippen LogP contribution in [-0.4, -0.2) is 27.8 Å². The summed E-state index contributed by atoms with van der Waals surface area (Å²) in [4.78, 5) is 0.314. The van der Waals surface area contributed by atoms with Gasteiger partial charge in [0.15, 0.2) is 9.84 Å². The van der Waals surface area contributed by atoms with Gasteiger partial charge in [0.25, 0.3) is 0 Å². The average molecular weight is 243 g/mol. The fourth-order valence-electron chi connectivity index (χ4n) is 1.32. The molecule has 5 heteroatoms. The van der Waals surface area contributed by atoms with E-state index in [1.807, 2.05) is 6.92 Å². The summed E-state index contributed by atoms with van der Waals surface area (Å²) in [5.41, 5.74) is 5.42. The second-order valence-electron chi connectivity index (χ2n) is 3.80. The van der Waals surface area contributed by atoms with Crippen LogP contribution < -0.4 is 10.5 Å². The Morgan fingerprint density at radius 3 is 2.31 bits per heavy atom. The van der Waals surface area contributed by atoms with E-state index >= 15 is 0 Å². The van der Waals surface area contributed by atoms with Crippen molar-refractivity contribution in [3.8, 4) is 5.75 Å². The van der Waals surface area contributed by atoms with Gasteiger partial charge in [-0.1, -0.05) is 6.92 Å². The first kappa shape index (κ1) is 13.0. The van der Waals surface area contributed by atoms with Crippen molar-refractivity contribution in [3.05, 3.63) is 24.3 Å². The smallest absolute Gasteiger partial charge is 0.178 e. The van der Waals surface area contributed by atoms with Gasteiger partial charge in [-0.2, -0.15) is 0 Å². The Morgan fingerprint density at radius 2 is 1.88 bits per heavy atom. The van der Waals surface area contributed by atoms with Crippen molar-refractivity contribution in [2.75, 3.05) is 19.4 Å². The SMILES string of the molecule is COc1ccc(S(=O)(=O)CC(C)CN)cc1. The molecule has 0 spiro atoms. The van der Waals surface area contributed by atoms with E-state index in [0.717, 1.165) is 0 Å². The fourth-order valence-corrected chi connectivity index (χ4v) is 2.95. The molecule has 0 bridgehead atoms. The van der Waals surface area contributed by atoms with Crippen molar-refractivity contribution in [1.29, 1.82) is 0 Å². The maximum atomic E-state index is 11.9. The largest absolute Gasteiger partial charge is 0.497 e. The van der Waals surface area contributed by atoms with E-state index in [0.29, 0.717) is 17.2 Å². The molecule has 0 aliphatic rings. The monoisotopic (exact) mass is 243 g/mol. The van der Waals surface area contributed by atoms with E-state index in [-0.39, 0.29) is 11.7 Å². The minimum Gasteiger partial charge on any atom is -0.497 e. The first-order valence-corrected chi connectivity index (χ1v) is 6.71. The molecule has 0 saturated carbocycles. The zero-order valence-corrected chi connectivity index (χ0v) is 10.3. The topological polar surface area (TPSA) is 69.4 Å². The van der Waals surface area contributed by atoms with Gasteiger partial charge in [0, 0.05) is 0 Å². The van der Waals surface area contributed by atoms with Gasteiger partial charge < -0.3 is 10.5 Å². The van der Waals surface area contributed by atoms with Crippen LogP contribution in [0.4, 0.5) is 0 Å². The second-order valence-corrected chi connectivity index (χ2v) is 5.83. The highest BCUT2D eigenvalue weighted by molar-refractivity contribution is 7.91. The number of nitrogens with two attached hydrogens (primary N) is 1. The number of rotatable bonds is 5. The van der Waals surface area contributed by atoms with Crippen molar-refractivity contribution in [2.24, 2.45) is 11.7 Å². The molecule has 1 aromatic carbocycles. The summed E-state index contributed by atoms with van der Waals surface area (Å²) in [6, 6.07) is 6.38. The summed E-state index contributed by atoms with van der Waals surface area (Å²) in [7, 11) is -1.69. The molecule has 0 aliphatic carbocycles. The summed E-state index contributed by atoms with van der Waals surface area (Å²) in [6.07, 6.45) is 0. The van der Waals surface area contributed by atoms with Crippen LogP contribution in [0.5, 0.6) is 5.75 Å². The van der Waals surface area contributed by atoms with Crippen molar-refractivity contribution < 1.29 is 13.2 Å². The maximum Gasteiger partial charge on any atom is 0.178 e. The highest BCUT2D eigenvalue weighted by atomic mass is 32.2. The Kier molecular flexibility index (Phi) is 4.32. The average Bonchev–Trinajstić information content (AvgIpc) is 2.28. The number of sulfone groups is 1. The van der Waals surface area contributed by atoms with Crippen molar-refractivity contribution >= 4 is 9.84 Å². The van der Waals surface area contributed by atoms with Crippen LogP contribution in [0.3, 0.4) is 0 Å². The number of ether oxygens (including phenoxy) is 1. The molecule has 90 valence electrons. The third-order valence-corrected chi connectivity index (χ3v) is 4.32. The van der Waals surface area contributed by atoms with Gasteiger partial charge in [-0.15, -0.1) is 0 Å². The highest BCUT2D eigenvalue weighted by Gasteiger charge is 2.17. The molecular weight excluding hydrogens is 226 g/mol. The summed E-state index contributed by atoms with van der Waals surface area (Å²) < 4.78 is 28.8. The lowest BCUT2D eigenvalue weighted by atomic mass is 10.2. The Hall–Kier alpha value is -1.07. The Bertz CT molecular complexity index is 425. The van der Waals surface area contributed by atoms with Crippen LogP contribution >= 0.6 is 0 Å². The number of hydrogen-bond donors (Lipinski definition) is 1. The van der Waals surface area contributed by atoms with E-state index in [1.165, 1.54) is 0 Å². The standard InChI is InChI=1S/C11H17NO3S/c1-9(7-12)8-16(13,14)11-5-3-10(15-2)4-6-11/h3-6,9H,7-8,12H2,1-2H3. The molecule has 0 saturated heterocycles.